The van der Waals surface area contributed by atoms with E-state index in [4.69, 9.17) is 4.74 Å². The maximum Gasteiger partial charge on any atom is 0.411 e. The average Bonchev–Trinajstić information content (AvgIpc) is 2.36. The third kappa shape index (κ3) is 8.79. The van der Waals surface area contributed by atoms with Crippen molar-refractivity contribution in [1.82, 2.24) is 10.6 Å². The highest BCUT2D eigenvalue weighted by Crippen LogP contribution is 2.13. The first-order valence-electron chi connectivity index (χ1n) is 6.21. The first-order valence-corrected chi connectivity index (χ1v) is 6.21. The zero-order valence-corrected chi connectivity index (χ0v) is 10.6. The van der Waals surface area contributed by atoms with Gasteiger partial charge in [0, 0.05) is 6.54 Å². The standard InChI is InChI=1S/C11H19F3N2O3/c12-11(13,14)8-18-6-5-16-10(17)7-19-9-1-3-15-4-2-9/h9,15H,1-8H2,(H,16,17). The summed E-state index contributed by atoms with van der Waals surface area (Å²) in [5.74, 6) is -0.339. The molecule has 0 radical (unpaired) electrons. The fraction of sp³-hybridized carbons (Fsp3) is 0.909. The minimum atomic E-state index is -4.33. The van der Waals surface area contributed by atoms with Gasteiger partial charge in [-0.25, -0.2) is 0 Å². The topological polar surface area (TPSA) is 59.6 Å². The Hall–Kier alpha value is -0.860. The minimum absolute atomic E-state index is 0.0461. The highest BCUT2D eigenvalue weighted by atomic mass is 19.4. The van der Waals surface area contributed by atoms with E-state index < -0.39 is 12.8 Å². The summed E-state index contributed by atoms with van der Waals surface area (Å²) in [5.41, 5.74) is 0. The Morgan fingerprint density at radius 2 is 2.00 bits per heavy atom. The van der Waals surface area contributed by atoms with Gasteiger partial charge in [0.05, 0.1) is 12.7 Å². The molecule has 1 aliphatic rings. The van der Waals surface area contributed by atoms with Crippen LogP contribution in [0.2, 0.25) is 0 Å². The van der Waals surface area contributed by atoms with Crippen molar-refractivity contribution in [3.63, 3.8) is 0 Å². The van der Waals surface area contributed by atoms with Crippen LogP contribution in [0.1, 0.15) is 12.8 Å². The molecule has 0 aliphatic carbocycles. The molecule has 0 atom stereocenters. The largest absolute Gasteiger partial charge is 0.411 e. The summed E-state index contributed by atoms with van der Waals surface area (Å²) >= 11 is 0. The number of ether oxygens (including phenoxy) is 2. The molecule has 1 heterocycles. The first kappa shape index (κ1) is 16.2. The molecule has 5 nitrogen and oxygen atoms in total. The molecule has 0 spiro atoms. The number of hydrogen-bond acceptors (Lipinski definition) is 4. The van der Waals surface area contributed by atoms with Crippen molar-refractivity contribution in [2.75, 3.05) is 39.5 Å². The number of hydrogen-bond donors (Lipinski definition) is 2. The van der Waals surface area contributed by atoms with Gasteiger partial charge in [0.2, 0.25) is 5.91 Å². The van der Waals surface area contributed by atoms with Crippen LogP contribution < -0.4 is 10.6 Å². The number of carbonyl (C=O) groups is 1. The summed E-state index contributed by atoms with van der Waals surface area (Å²) in [4.78, 5) is 11.3. The van der Waals surface area contributed by atoms with Gasteiger partial charge in [-0.3, -0.25) is 4.79 Å². The van der Waals surface area contributed by atoms with Gasteiger partial charge in [-0.15, -0.1) is 0 Å². The van der Waals surface area contributed by atoms with Crippen molar-refractivity contribution >= 4 is 5.91 Å². The predicted molar refractivity (Wildman–Crippen MR) is 61.7 cm³/mol. The Labute approximate surface area is 109 Å². The van der Waals surface area contributed by atoms with Crippen molar-refractivity contribution in [3.05, 3.63) is 0 Å². The number of nitrogens with one attached hydrogen (secondary N) is 2. The van der Waals surface area contributed by atoms with Gasteiger partial charge in [0.1, 0.15) is 13.2 Å². The summed E-state index contributed by atoms with van der Waals surface area (Å²) in [6.45, 7) is 0.261. The van der Waals surface area contributed by atoms with Crippen molar-refractivity contribution in [3.8, 4) is 0 Å². The van der Waals surface area contributed by atoms with E-state index in [0.717, 1.165) is 25.9 Å². The van der Waals surface area contributed by atoms with E-state index >= 15 is 0 Å². The Morgan fingerprint density at radius 3 is 2.63 bits per heavy atom. The Kier molecular flexibility index (Phi) is 7.11. The van der Waals surface area contributed by atoms with Crippen LogP contribution in [0, 0.1) is 0 Å². The molecule has 0 saturated carbocycles. The zero-order valence-electron chi connectivity index (χ0n) is 10.6. The predicted octanol–water partition coefficient (Wildman–Crippen LogP) is 0.450. The molecule has 8 heteroatoms. The van der Waals surface area contributed by atoms with Gasteiger partial charge < -0.3 is 20.1 Å². The van der Waals surface area contributed by atoms with E-state index in [1.165, 1.54) is 0 Å². The lowest BCUT2D eigenvalue weighted by Crippen LogP contribution is -2.36. The second-order valence-corrected chi connectivity index (χ2v) is 4.28. The molecular formula is C11H19F3N2O3. The lowest BCUT2D eigenvalue weighted by molar-refractivity contribution is -0.173. The molecule has 0 bridgehead atoms. The molecule has 1 saturated heterocycles. The molecule has 1 amide bonds. The maximum atomic E-state index is 11.7. The molecule has 2 N–H and O–H groups in total. The summed E-state index contributed by atoms with van der Waals surface area (Å²) in [5, 5.41) is 5.61. The normalized spacial score (nSPS) is 17.4. The van der Waals surface area contributed by atoms with Gasteiger partial charge in [-0.2, -0.15) is 13.2 Å². The Bertz CT molecular complexity index is 268. The van der Waals surface area contributed by atoms with Gasteiger partial charge in [0.15, 0.2) is 0 Å². The van der Waals surface area contributed by atoms with Crippen molar-refractivity contribution in [2.24, 2.45) is 0 Å². The number of piperidine rings is 1. The van der Waals surface area contributed by atoms with E-state index in [9.17, 15) is 18.0 Å². The molecule has 0 aromatic rings. The second-order valence-electron chi connectivity index (χ2n) is 4.28. The Balaban J connectivity index is 1.95. The fourth-order valence-electron chi connectivity index (χ4n) is 1.66. The molecule has 1 aliphatic heterocycles. The van der Waals surface area contributed by atoms with Crippen LogP contribution in [-0.2, 0) is 14.3 Å². The van der Waals surface area contributed by atoms with Crippen LogP contribution in [-0.4, -0.2) is 57.6 Å². The number of rotatable bonds is 7. The number of halogens is 3. The molecule has 0 aromatic carbocycles. The number of amides is 1. The van der Waals surface area contributed by atoms with Crippen LogP contribution in [0.15, 0.2) is 0 Å². The highest BCUT2D eigenvalue weighted by Gasteiger charge is 2.27. The number of carbonyl (C=O) groups excluding carboxylic acids is 1. The molecule has 112 valence electrons. The molecule has 1 rings (SSSR count). The minimum Gasteiger partial charge on any atom is -0.370 e. The SMILES string of the molecule is O=C(COC1CCNCC1)NCCOCC(F)(F)F. The third-order valence-corrected chi connectivity index (χ3v) is 2.57. The van der Waals surface area contributed by atoms with Crippen LogP contribution >= 0.6 is 0 Å². The summed E-state index contributed by atoms with van der Waals surface area (Å²) in [6, 6.07) is 0. The average molecular weight is 284 g/mol. The number of alkyl halides is 3. The maximum absolute atomic E-state index is 11.7. The quantitative estimate of drug-likeness (QED) is 0.666. The van der Waals surface area contributed by atoms with E-state index in [1.54, 1.807) is 0 Å². The summed E-state index contributed by atoms with van der Waals surface area (Å²) < 4.78 is 44.9. The van der Waals surface area contributed by atoms with Gasteiger partial charge >= 0.3 is 6.18 Å². The van der Waals surface area contributed by atoms with E-state index in [0.29, 0.717) is 0 Å². The highest BCUT2D eigenvalue weighted by molar-refractivity contribution is 5.77. The fourth-order valence-corrected chi connectivity index (χ4v) is 1.66. The summed E-state index contributed by atoms with van der Waals surface area (Å²) in [6.07, 6.45) is -2.53. The summed E-state index contributed by atoms with van der Waals surface area (Å²) in [7, 11) is 0. The van der Waals surface area contributed by atoms with E-state index in [1.807, 2.05) is 0 Å². The van der Waals surface area contributed by atoms with Crippen LogP contribution in [0.3, 0.4) is 0 Å². The van der Waals surface area contributed by atoms with Crippen LogP contribution in [0.25, 0.3) is 0 Å². The van der Waals surface area contributed by atoms with Crippen molar-refractivity contribution in [1.29, 1.82) is 0 Å². The van der Waals surface area contributed by atoms with Gasteiger partial charge in [-0.05, 0) is 25.9 Å². The molecule has 1 fully saturated rings. The van der Waals surface area contributed by atoms with Crippen molar-refractivity contribution < 1.29 is 27.4 Å². The lowest BCUT2D eigenvalue weighted by Gasteiger charge is -2.22. The van der Waals surface area contributed by atoms with Crippen molar-refractivity contribution in [2.45, 2.75) is 25.1 Å². The van der Waals surface area contributed by atoms with Gasteiger partial charge in [-0.1, -0.05) is 0 Å². The second kappa shape index (κ2) is 8.34. The lowest BCUT2D eigenvalue weighted by atomic mass is 10.1. The first-order chi connectivity index (χ1) is 8.97. The van der Waals surface area contributed by atoms with E-state index in [2.05, 4.69) is 15.4 Å². The molecule has 0 unspecified atom stereocenters. The molecule has 19 heavy (non-hydrogen) atoms. The van der Waals surface area contributed by atoms with E-state index in [-0.39, 0.29) is 31.8 Å². The van der Waals surface area contributed by atoms with Crippen LogP contribution in [0.5, 0.6) is 0 Å². The van der Waals surface area contributed by atoms with Gasteiger partial charge in [0.25, 0.3) is 0 Å². The Morgan fingerprint density at radius 1 is 1.32 bits per heavy atom. The van der Waals surface area contributed by atoms with Crippen LogP contribution in [0.4, 0.5) is 13.2 Å². The molecular weight excluding hydrogens is 265 g/mol. The smallest absolute Gasteiger partial charge is 0.370 e. The monoisotopic (exact) mass is 284 g/mol. The molecule has 0 aromatic heterocycles. The third-order valence-electron chi connectivity index (χ3n) is 2.57. The zero-order chi connectivity index (χ0) is 14.1.